The van der Waals surface area contributed by atoms with Crippen LogP contribution in [0.1, 0.15) is 43.2 Å². The molecule has 1 saturated heterocycles. The molecule has 206 valence electrons. The lowest BCUT2D eigenvalue weighted by Crippen LogP contribution is -2.55. The number of para-hydroxylation sites is 1. The van der Waals surface area contributed by atoms with E-state index in [1.54, 1.807) is 30.5 Å². The van der Waals surface area contributed by atoms with E-state index >= 15 is 0 Å². The van der Waals surface area contributed by atoms with Crippen molar-refractivity contribution in [3.05, 3.63) is 52.9 Å². The van der Waals surface area contributed by atoms with Crippen molar-refractivity contribution in [2.75, 3.05) is 32.1 Å². The molecular formula is C28H32ClN5O5. The topological polar surface area (TPSA) is 118 Å². The lowest BCUT2D eigenvalue weighted by atomic mass is 10.0. The first-order valence-corrected chi connectivity index (χ1v) is 13.2. The molecule has 0 bridgehead atoms. The largest absolute Gasteiger partial charge is 0.493 e. The standard InChI is InChI=1S/C28H32ClN5O5/c1-28(2,3)39-27(36)34-13-10-16(34)15-38-21-14-30-11-8-17(21)23-24(22-19(32-23)9-12-31-26(22)35)33-20-7-5-6-18(29)25(20)37-4/h5-8,11,14,16,32-33H,9-10,12-13,15H2,1-4H3,(H,31,35)/t16-/m0/s1. The molecule has 39 heavy (non-hydrogen) atoms. The van der Waals surface area contributed by atoms with Crippen LogP contribution in [-0.2, 0) is 11.2 Å². The quantitative estimate of drug-likeness (QED) is 0.370. The number of carbonyl (C=O) groups is 2. The van der Waals surface area contributed by atoms with Gasteiger partial charge in [0, 0.05) is 37.0 Å². The second-order valence-electron chi connectivity index (χ2n) is 10.5. The maximum atomic E-state index is 13.0. The monoisotopic (exact) mass is 553 g/mol. The third-order valence-electron chi connectivity index (χ3n) is 6.65. The van der Waals surface area contributed by atoms with Crippen LogP contribution in [0.2, 0.25) is 5.02 Å². The summed E-state index contributed by atoms with van der Waals surface area (Å²) in [6.45, 7) is 6.98. The van der Waals surface area contributed by atoms with Crippen molar-refractivity contribution in [2.45, 2.75) is 45.3 Å². The molecule has 3 aromatic rings. The van der Waals surface area contributed by atoms with Gasteiger partial charge in [0.1, 0.15) is 18.0 Å². The smallest absolute Gasteiger partial charge is 0.410 e. The van der Waals surface area contributed by atoms with Gasteiger partial charge in [-0.2, -0.15) is 0 Å². The third-order valence-corrected chi connectivity index (χ3v) is 6.95. The van der Waals surface area contributed by atoms with Gasteiger partial charge < -0.3 is 34.7 Å². The summed E-state index contributed by atoms with van der Waals surface area (Å²) in [6.07, 6.45) is 4.42. The summed E-state index contributed by atoms with van der Waals surface area (Å²) in [6, 6.07) is 7.10. The van der Waals surface area contributed by atoms with Gasteiger partial charge in [0.15, 0.2) is 5.75 Å². The summed E-state index contributed by atoms with van der Waals surface area (Å²) in [5, 5.41) is 6.75. The van der Waals surface area contributed by atoms with Crippen LogP contribution in [0.4, 0.5) is 16.2 Å². The summed E-state index contributed by atoms with van der Waals surface area (Å²) in [5.74, 6) is 0.810. The molecule has 2 aromatic heterocycles. The van der Waals surface area contributed by atoms with Gasteiger partial charge in [-0.15, -0.1) is 0 Å². The van der Waals surface area contributed by atoms with E-state index in [4.69, 9.17) is 25.8 Å². The van der Waals surface area contributed by atoms with Crippen molar-refractivity contribution in [1.82, 2.24) is 20.2 Å². The van der Waals surface area contributed by atoms with Crippen LogP contribution < -0.4 is 20.1 Å². The summed E-state index contributed by atoms with van der Waals surface area (Å²) in [5.41, 5.74) is 3.37. The highest BCUT2D eigenvalue weighted by molar-refractivity contribution is 6.32. The van der Waals surface area contributed by atoms with Crippen molar-refractivity contribution in [1.29, 1.82) is 0 Å². The number of carbonyl (C=O) groups excluding carboxylic acids is 2. The molecule has 10 nitrogen and oxygen atoms in total. The predicted molar refractivity (Wildman–Crippen MR) is 148 cm³/mol. The van der Waals surface area contributed by atoms with Crippen LogP contribution in [0.3, 0.4) is 0 Å². The summed E-state index contributed by atoms with van der Waals surface area (Å²) in [4.78, 5) is 34.9. The van der Waals surface area contributed by atoms with E-state index < -0.39 is 5.60 Å². The number of H-pyrrole nitrogens is 1. The number of methoxy groups -OCH3 is 1. The van der Waals surface area contributed by atoms with Crippen molar-refractivity contribution in [3.8, 4) is 22.8 Å². The molecule has 1 aromatic carbocycles. The number of likely N-dealkylation sites (tertiary alicyclic amines) is 1. The van der Waals surface area contributed by atoms with Crippen LogP contribution in [0, 0.1) is 0 Å². The first-order chi connectivity index (χ1) is 18.7. The van der Waals surface area contributed by atoms with E-state index in [1.807, 2.05) is 39.0 Å². The molecule has 5 rings (SSSR count). The number of aromatic nitrogens is 2. The normalized spacial score (nSPS) is 16.6. The Labute approximate surface area is 232 Å². The van der Waals surface area contributed by atoms with E-state index in [1.165, 1.54) is 0 Å². The molecule has 1 atom stereocenters. The molecule has 0 unspecified atom stereocenters. The van der Waals surface area contributed by atoms with Crippen LogP contribution in [0.25, 0.3) is 11.3 Å². The predicted octanol–water partition coefficient (Wildman–Crippen LogP) is 5.16. The van der Waals surface area contributed by atoms with Gasteiger partial charge in [-0.25, -0.2) is 4.79 Å². The number of hydrogen-bond donors (Lipinski definition) is 3. The number of fused-ring (bicyclic) bond motifs is 1. The first kappa shape index (κ1) is 26.7. The lowest BCUT2D eigenvalue weighted by molar-refractivity contribution is -0.0141. The number of pyridine rings is 1. The number of ether oxygens (including phenoxy) is 3. The number of anilines is 2. The Kier molecular flexibility index (Phi) is 7.31. The molecule has 3 N–H and O–H groups in total. The molecule has 0 radical (unpaired) electrons. The Hall–Kier alpha value is -3.92. The maximum absolute atomic E-state index is 13.0. The Bertz CT molecular complexity index is 1400. The lowest BCUT2D eigenvalue weighted by Gasteiger charge is -2.41. The van der Waals surface area contributed by atoms with Gasteiger partial charge in [-0.05, 0) is 45.4 Å². The molecule has 0 spiro atoms. The van der Waals surface area contributed by atoms with E-state index in [-0.39, 0.29) is 24.6 Å². The zero-order valence-electron chi connectivity index (χ0n) is 22.4. The number of amides is 2. The van der Waals surface area contributed by atoms with Crippen molar-refractivity contribution < 1.29 is 23.8 Å². The Morgan fingerprint density at radius 2 is 2.10 bits per heavy atom. The molecule has 0 aliphatic carbocycles. The highest BCUT2D eigenvalue weighted by Crippen LogP contribution is 2.43. The van der Waals surface area contributed by atoms with Gasteiger partial charge in [-0.1, -0.05) is 17.7 Å². The molecule has 2 aliphatic heterocycles. The fourth-order valence-electron chi connectivity index (χ4n) is 4.72. The molecule has 2 aliphatic rings. The Morgan fingerprint density at radius 1 is 1.28 bits per heavy atom. The molecule has 11 heteroatoms. The molecule has 0 saturated carbocycles. The maximum Gasteiger partial charge on any atom is 0.410 e. The van der Waals surface area contributed by atoms with E-state index in [0.717, 1.165) is 17.7 Å². The zero-order chi connectivity index (χ0) is 27.7. The van der Waals surface area contributed by atoms with Crippen LogP contribution in [0.5, 0.6) is 11.5 Å². The van der Waals surface area contributed by atoms with Gasteiger partial charge in [-0.3, -0.25) is 9.78 Å². The Balaban J connectivity index is 1.46. The van der Waals surface area contributed by atoms with Crippen molar-refractivity contribution >= 4 is 35.0 Å². The Morgan fingerprint density at radius 3 is 2.82 bits per heavy atom. The van der Waals surface area contributed by atoms with Crippen LogP contribution in [-0.4, -0.2) is 65.3 Å². The van der Waals surface area contributed by atoms with Crippen molar-refractivity contribution in [3.63, 3.8) is 0 Å². The number of hydrogen-bond acceptors (Lipinski definition) is 7. The number of halogens is 1. The fraction of sp³-hybridized carbons (Fsp3) is 0.393. The van der Waals surface area contributed by atoms with Crippen LogP contribution in [0.15, 0.2) is 36.7 Å². The number of rotatable bonds is 7. The third kappa shape index (κ3) is 5.47. The molecule has 4 heterocycles. The second kappa shape index (κ2) is 10.7. The number of aromatic amines is 1. The zero-order valence-corrected chi connectivity index (χ0v) is 23.1. The average molecular weight is 554 g/mol. The average Bonchev–Trinajstić information content (AvgIpc) is 3.22. The fourth-order valence-corrected chi connectivity index (χ4v) is 4.97. The summed E-state index contributed by atoms with van der Waals surface area (Å²) >= 11 is 6.37. The highest BCUT2D eigenvalue weighted by Gasteiger charge is 2.36. The van der Waals surface area contributed by atoms with Gasteiger partial charge in [0.25, 0.3) is 5.91 Å². The number of nitrogens with zero attached hydrogens (tertiary/aromatic N) is 2. The minimum absolute atomic E-state index is 0.108. The minimum atomic E-state index is -0.567. The number of nitrogens with one attached hydrogen (secondary N) is 3. The van der Waals surface area contributed by atoms with Gasteiger partial charge in [0.2, 0.25) is 0 Å². The second-order valence-corrected chi connectivity index (χ2v) is 10.9. The van der Waals surface area contributed by atoms with E-state index in [0.29, 0.717) is 58.7 Å². The highest BCUT2D eigenvalue weighted by atomic mass is 35.5. The summed E-state index contributed by atoms with van der Waals surface area (Å²) < 4.78 is 17.3. The van der Waals surface area contributed by atoms with Gasteiger partial charge in [0.05, 0.1) is 47.0 Å². The van der Waals surface area contributed by atoms with Crippen LogP contribution >= 0.6 is 11.6 Å². The molecule has 1 fully saturated rings. The molecular weight excluding hydrogens is 522 g/mol. The SMILES string of the molecule is COc1c(Cl)cccc1Nc1c(-c2ccncc2OC[C@@H]2CCN2C(=O)OC(C)(C)C)[nH]c2c1C(=O)NCC2. The van der Waals surface area contributed by atoms with E-state index in [9.17, 15) is 9.59 Å². The molecule has 2 amide bonds. The first-order valence-electron chi connectivity index (χ1n) is 12.9. The summed E-state index contributed by atoms with van der Waals surface area (Å²) in [7, 11) is 1.54. The van der Waals surface area contributed by atoms with Crippen molar-refractivity contribution in [2.24, 2.45) is 0 Å². The number of benzene rings is 1. The van der Waals surface area contributed by atoms with E-state index in [2.05, 4.69) is 20.6 Å². The minimum Gasteiger partial charge on any atom is -0.493 e. The van der Waals surface area contributed by atoms with Gasteiger partial charge >= 0.3 is 6.09 Å².